The van der Waals surface area contributed by atoms with Crippen LogP contribution >= 0.6 is 11.6 Å². The predicted molar refractivity (Wildman–Crippen MR) is 108 cm³/mol. The fourth-order valence-corrected chi connectivity index (χ4v) is 4.06. The van der Waals surface area contributed by atoms with Gasteiger partial charge in [0.25, 0.3) is 5.91 Å². The zero-order chi connectivity index (χ0) is 19.3. The molecule has 1 aliphatic heterocycles. The number of para-hydroxylation sites is 1. The lowest BCUT2D eigenvalue weighted by Crippen LogP contribution is -2.36. The minimum Gasteiger partial charge on any atom is -0.451 e. The molecule has 2 aromatic carbocycles. The lowest BCUT2D eigenvalue weighted by atomic mass is 10.0. The van der Waals surface area contributed by atoms with Gasteiger partial charge in [-0.15, -0.1) is 0 Å². The van der Waals surface area contributed by atoms with E-state index in [0.717, 1.165) is 45.5 Å². The first-order valence-electron chi connectivity index (χ1n) is 9.21. The molecule has 1 aliphatic rings. The second-order valence-electron chi connectivity index (χ2n) is 7.07. The number of aromatic amines is 1. The Labute approximate surface area is 166 Å². The number of carbonyl (C=O) groups is 1. The smallest absolute Gasteiger partial charge is 0.290 e. The van der Waals surface area contributed by atoms with Gasteiger partial charge in [-0.3, -0.25) is 9.89 Å². The Kier molecular flexibility index (Phi) is 3.98. The SMILES string of the molecule is Cc1c(C(=O)N2CCc3[nH]nc(-c4cccc(Cl)c4)c3C2)oc2ccccc12. The number of rotatable bonds is 2. The molecule has 0 atom stereocenters. The third-order valence-corrected chi connectivity index (χ3v) is 5.59. The molecule has 140 valence electrons. The van der Waals surface area contributed by atoms with Crippen molar-refractivity contribution >= 4 is 28.5 Å². The van der Waals surface area contributed by atoms with Crippen molar-refractivity contribution in [1.82, 2.24) is 15.1 Å². The maximum Gasteiger partial charge on any atom is 0.290 e. The molecule has 5 rings (SSSR count). The molecule has 6 heteroatoms. The average molecular weight is 392 g/mol. The topological polar surface area (TPSA) is 62.1 Å². The number of halogens is 1. The summed E-state index contributed by atoms with van der Waals surface area (Å²) >= 11 is 6.15. The van der Waals surface area contributed by atoms with Crippen molar-refractivity contribution in [2.45, 2.75) is 19.9 Å². The van der Waals surface area contributed by atoms with E-state index in [1.54, 1.807) is 0 Å². The standard InChI is InChI=1S/C22H18ClN3O2/c1-13-16-7-2-3-8-19(16)28-21(13)22(27)26-10-9-18-17(12-26)20(25-24-18)14-5-4-6-15(23)11-14/h2-8,11H,9-10,12H2,1H3,(H,24,25). The molecule has 4 aromatic rings. The van der Waals surface area contributed by atoms with E-state index in [-0.39, 0.29) is 5.91 Å². The molecule has 0 radical (unpaired) electrons. The highest BCUT2D eigenvalue weighted by Gasteiger charge is 2.29. The van der Waals surface area contributed by atoms with E-state index in [2.05, 4.69) is 10.2 Å². The lowest BCUT2D eigenvalue weighted by Gasteiger charge is -2.26. The van der Waals surface area contributed by atoms with Crippen molar-refractivity contribution in [3.8, 4) is 11.3 Å². The predicted octanol–water partition coefficient (Wildman–Crippen LogP) is 4.98. The molecule has 0 aliphatic carbocycles. The number of aryl methyl sites for hydroxylation is 1. The number of fused-ring (bicyclic) bond motifs is 2. The lowest BCUT2D eigenvalue weighted by molar-refractivity contribution is 0.0703. The van der Waals surface area contributed by atoms with Crippen LogP contribution in [0.15, 0.2) is 52.9 Å². The minimum atomic E-state index is -0.0856. The molecule has 0 fully saturated rings. The molecule has 28 heavy (non-hydrogen) atoms. The number of H-pyrrole nitrogens is 1. The van der Waals surface area contributed by atoms with E-state index in [0.29, 0.717) is 23.9 Å². The van der Waals surface area contributed by atoms with E-state index in [4.69, 9.17) is 16.0 Å². The number of amides is 1. The van der Waals surface area contributed by atoms with Gasteiger partial charge in [-0.1, -0.05) is 41.9 Å². The van der Waals surface area contributed by atoms with Gasteiger partial charge >= 0.3 is 0 Å². The van der Waals surface area contributed by atoms with Crippen LogP contribution < -0.4 is 0 Å². The molecule has 1 N–H and O–H groups in total. The highest BCUT2D eigenvalue weighted by atomic mass is 35.5. The molecule has 3 heterocycles. The zero-order valence-electron chi connectivity index (χ0n) is 15.3. The van der Waals surface area contributed by atoms with Gasteiger partial charge < -0.3 is 9.32 Å². The highest BCUT2D eigenvalue weighted by Crippen LogP contribution is 2.32. The van der Waals surface area contributed by atoms with Crippen LogP contribution in [0.5, 0.6) is 0 Å². The van der Waals surface area contributed by atoms with Crippen LogP contribution in [0.3, 0.4) is 0 Å². The number of benzene rings is 2. The van der Waals surface area contributed by atoms with Gasteiger partial charge in [0, 0.05) is 45.8 Å². The third kappa shape index (κ3) is 2.70. The summed E-state index contributed by atoms with van der Waals surface area (Å²) in [6.45, 7) is 3.05. The van der Waals surface area contributed by atoms with Crippen LogP contribution in [0.25, 0.3) is 22.2 Å². The van der Waals surface area contributed by atoms with E-state index in [1.165, 1.54) is 0 Å². The summed E-state index contributed by atoms with van der Waals surface area (Å²) in [4.78, 5) is 15.0. The summed E-state index contributed by atoms with van der Waals surface area (Å²) in [6.07, 6.45) is 0.730. The van der Waals surface area contributed by atoms with Crippen molar-refractivity contribution in [2.75, 3.05) is 6.54 Å². The Morgan fingerprint density at radius 1 is 1.21 bits per heavy atom. The van der Waals surface area contributed by atoms with Gasteiger partial charge in [0.2, 0.25) is 0 Å². The summed E-state index contributed by atoms with van der Waals surface area (Å²) < 4.78 is 5.88. The van der Waals surface area contributed by atoms with Gasteiger partial charge in [-0.25, -0.2) is 0 Å². The molecule has 5 nitrogen and oxygen atoms in total. The maximum absolute atomic E-state index is 13.2. The summed E-state index contributed by atoms with van der Waals surface area (Å²) in [6, 6.07) is 15.3. The number of nitrogens with zero attached hydrogens (tertiary/aromatic N) is 2. The monoisotopic (exact) mass is 391 g/mol. The highest BCUT2D eigenvalue weighted by molar-refractivity contribution is 6.30. The van der Waals surface area contributed by atoms with Crippen molar-refractivity contribution in [3.05, 3.63) is 76.1 Å². The van der Waals surface area contributed by atoms with E-state index < -0.39 is 0 Å². The fraction of sp³-hybridized carbons (Fsp3) is 0.182. The van der Waals surface area contributed by atoms with Crippen molar-refractivity contribution < 1.29 is 9.21 Å². The Morgan fingerprint density at radius 2 is 2.07 bits per heavy atom. The molecule has 0 saturated carbocycles. The van der Waals surface area contributed by atoms with Gasteiger partial charge in [-0.2, -0.15) is 5.10 Å². The molecular formula is C22H18ClN3O2. The van der Waals surface area contributed by atoms with Crippen LogP contribution in [0, 0.1) is 6.92 Å². The summed E-state index contributed by atoms with van der Waals surface area (Å²) in [5.74, 6) is 0.329. The first-order valence-corrected chi connectivity index (χ1v) is 9.59. The van der Waals surface area contributed by atoms with Gasteiger partial charge in [0.15, 0.2) is 5.76 Å². The molecule has 0 unspecified atom stereocenters. The number of furan rings is 1. The molecule has 2 aromatic heterocycles. The number of hydrogen-bond acceptors (Lipinski definition) is 3. The quantitative estimate of drug-likeness (QED) is 0.524. The zero-order valence-corrected chi connectivity index (χ0v) is 16.1. The minimum absolute atomic E-state index is 0.0856. The molecule has 1 amide bonds. The van der Waals surface area contributed by atoms with Crippen LogP contribution in [0.1, 0.15) is 27.4 Å². The van der Waals surface area contributed by atoms with Crippen LogP contribution in [0.2, 0.25) is 5.02 Å². The Bertz CT molecular complexity index is 1210. The first-order chi connectivity index (χ1) is 13.6. The normalized spacial score (nSPS) is 13.7. The summed E-state index contributed by atoms with van der Waals surface area (Å²) in [5, 5.41) is 9.25. The van der Waals surface area contributed by atoms with Gasteiger partial charge in [0.1, 0.15) is 5.58 Å². The van der Waals surface area contributed by atoms with Gasteiger partial charge in [0.05, 0.1) is 12.2 Å². The first kappa shape index (κ1) is 17.1. The van der Waals surface area contributed by atoms with Crippen molar-refractivity contribution in [2.24, 2.45) is 0 Å². The number of hydrogen-bond donors (Lipinski definition) is 1. The van der Waals surface area contributed by atoms with Crippen molar-refractivity contribution in [3.63, 3.8) is 0 Å². The molecule has 0 saturated heterocycles. The van der Waals surface area contributed by atoms with Crippen molar-refractivity contribution in [1.29, 1.82) is 0 Å². The Balaban J connectivity index is 1.49. The molecule has 0 spiro atoms. The van der Waals surface area contributed by atoms with Crippen LogP contribution in [-0.2, 0) is 13.0 Å². The number of carbonyl (C=O) groups excluding carboxylic acids is 1. The van der Waals surface area contributed by atoms with E-state index >= 15 is 0 Å². The fourth-order valence-electron chi connectivity index (χ4n) is 3.86. The summed E-state index contributed by atoms with van der Waals surface area (Å²) in [5.41, 5.74) is 5.52. The second kappa shape index (κ2) is 6.53. The van der Waals surface area contributed by atoms with E-state index in [9.17, 15) is 4.79 Å². The maximum atomic E-state index is 13.2. The van der Waals surface area contributed by atoms with Gasteiger partial charge in [-0.05, 0) is 25.1 Å². The number of nitrogens with one attached hydrogen (secondary N) is 1. The largest absolute Gasteiger partial charge is 0.451 e. The Morgan fingerprint density at radius 3 is 2.89 bits per heavy atom. The third-order valence-electron chi connectivity index (χ3n) is 5.36. The Hall–Kier alpha value is -3.05. The number of aromatic nitrogens is 2. The molecule has 0 bridgehead atoms. The van der Waals surface area contributed by atoms with E-state index in [1.807, 2.05) is 60.4 Å². The van der Waals surface area contributed by atoms with Crippen LogP contribution in [0.4, 0.5) is 0 Å². The second-order valence-corrected chi connectivity index (χ2v) is 7.51. The molecular weight excluding hydrogens is 374 g/mol. The van der Waals surface area contributed by atoms with Crippen LogP contribution in [-0.4, -0.2) is 27.5 Å². The average Bonchev–Trinajstić information content (AvgIpc) is 3.28. The summed E-state index contributed by atoms with van der Waals surface area (Å²) in [7, 11) is 0.